The van der Waals surface area contributed by atoms with E-state index >= 15 is 0 Å². The number of unbranched alkanes of at least 4 members (excludes halogenated alkanes) is 4. The van der Waals surface area contributed by atoms with E-state index in [2.05, 4.69) is 55.4 Å². The lowest BCUT2D eigenvalue weighted by atomic mass is 10.0. The molecule has 38 heavy (non-hydrogen) atoms. The number of hydrogen-bond acceptors (Lipinski definition) is 3. The molecule has 0 aromatic heterocycles. The van der Waals surface area contributed by atoms with Crippen molar-refractivity contribution in [1.82, 2.24) is 0 Å². The molecule has 0 radical (unpaired) electrons. The minimum absolute atomic E-state index is 0.726. The van der Waals surface area contributed by atoms with Gasteiger partial charge in [-0.25, -0.2) is 0 Å². The van der Waals surface area contributed by atoms with Crippen LogP contribution in [0.4, 0.5) is 0 Å². The Kier molecular flexibility index (Phi) is 26.7. The zero-order chi connectivity index (χ0) is 28.6. The van der Waals surface area contributed by atoms with Gasteiger partial charge in [-0.3, -0.25) is 0 Å². The minimum Gasteiger partial charge on any atom is -0.180 e. The zero-order valence-corrected chi connectivity index (χ0v) is 30.5. The molecule has 0 amide bonds. The van der Waals surface area contributed by atoms with E-state index in [9.17, 15) is 4.57 Å². The van der Waals surface area contributed by atoms with Gasteiger partial charge in [-0.05, 0) is 47.8 Å². The summed E-state index contributed by atoms with van der Waals surface area (Å²) in [6, 6.07) is 4.71. The van der Waals surface area contributed by atoms with Crippen LogP contribution in [0.2, 0.25) is 24.2 Å². The average Bonchev–Trinajstić information content (AvgIpc) is 2.92. The first-order valence-electron chi connectivity index (χ1n) is 17.2. The monoisotopic (exact) mass is 589 g/mol. The Bertz CT molecular complexity index is 457. The van der Waals surface area contributed by atoms with Gasteiger partial charge in [0.2, 0.25) is 0 Å². The molecular weight excluding hydrogens is 519 g/mol. The van der Waals surface area contributed by atoms with Crippen LogP contribution in [0.5, 0.6) is 0 Å². The molecule has 0 saturated heterocycles. The summed E-state index contributed by atoms with van der Waals surface area (Å²) < 4.78 is 26.7. The first kappa shape index (κ1) is 38.5. The van der Waals surface area contributed by atoms with E-state index in [-0.39, 0.29) is 0 Å². The van der Waals surface area contributed by atoms with Crippen LogP contribution >= 0.6 is 8.25 Å². The van der Waals surface area contributed by atoms with Gasteiger partial charge in [0.1, 0.15) is 0 Å². The molecule has 0 bridgehead atoms. The highest BCUT2D eigenvalue weighted by atomic mass is 31.1. The maximum atomic E-state index is 13.6. The van der Waals surface area contributed by atoms with Crippen molar-refractivity contribution in [2.45, 2.75) is 182 Å². The van der Waals surface area contributed by atoms with Gasteiger partial charge >= 0.3 is 8.25 Å². The fourth-order valence-corrected chi connectivity index (χ4v) is 15.7. The van der Waals surface area contributed by atoms with Crippen molar-refractivity contribution in [2.24, 2.45) is 23.7 Å². The summed E-state index contributed by atoms with van der Waals surface area (Å²) in [6.45, 7) is 18.5. The van der Waals surface area contributed by atoms with Gasteiger partial charge < -0.3 is 0 Å². The molecule has 228 valence electrons. The highest BCUT2D eigenvalue weighted by molar-refractivity contribution is 7.37. The quantitative estimate of drug-likeness (QED) is 0.0672. The maximum Gasteiger partial charge on any atom is 0.672 e. The maximum absolute atomic E-state index is 13.6. The highest BCUT2D eigenvalue weighted by Gasteiger charge is 2.36. The summed E-state index contributed by atoms with van der Waals surface area (Å²) in [5.41, 5.74) is 0. The predicted octanol–water partition coefficient (Wildman–Crippen LogP) is 12.0. The van der Waals surface area contributed by atoms with E-state index in [0.717, 1.165) is 23.7 Å². The molecule has 3 nitrogen and oxygen atoms in total. The summed E-state index contributed by atoms with van der Waals surface area (Å²) in [7, 11) is -5.17. The molecule has 0 aromatic rings. The topological polar surface area (TPSA) is 35.5 Å². The van der Waals surface area contributed by atoms with Crippen molar-refractivity contribution in [3.63, 3.8) is 0 Å². The third-order valence-electron chi connectivity index (χ3n) is 9.03. The molecule has 0 N–H and O–H groups in total. The van der Waals surface area contributed by atoms with Crippen molar-refractivity contribution in [3.8, 4) is 0 Å². The van der Waals surface area contributed by atoms with Gasteiger partial charge in [-0.15, -0.1) is 0 Å². The Morgan fingerprint density at radius 3 is 0.895 bits per heavy atom. The molecule has 0 rings (SSSR count). The Labute approximate surface area is 244 Å². The second-order valence-electron chi connectivity index (χ2n) is 12.3. The van der Waals surface area contributed by atoms with E-state index in [1.165, 1.54) is 127 Å². The van der Waals surface area contributed by atoms with Crippen LogP contribution in [0.3, 0.4) is 0 Å². The fourth-order valence-electron chi connectivity index (χ4n) is 6.05. The van der Waals surface area contributed by atoms with E-state index in [4.69, 9.17) is 8.43 Å². The first-order valence-corrected chi connectivity index (χ1v) is 22.5. The van der Waals surface area contributed by atoms with Gasteiger partial charge in [-0.1, -0.05) is 158 Å². The molecule has 4 unspecified atom stereocenters. The standard InChI is InChI=1S/C32H70O3PSi2/c1-9-17-21-29(13-5)25-37(26-30(14-6)22-18-10-2)34-36(33)35-38(27-31(15-7)23-19-11-3)28-32(16-8)24-20-12-4/h29-32,37-38H,9-28H2,1-8H3/q+1. The summed E-state index contributed by atoms with van der Waals surface area (Å²) in [5, 5.41) is 0. The molecule has 4 atom stereocenters. The van der Waals surface area contributed by atoms with E-state index in [1.54, 1.807) is 0 Å². The zero-order valence-electron chi connectivity index (χ0n) is 27.3. The normalized spacial score (nSPS) is 17.1. The predicted molar refractivity (Wildman–Crippen MR) is 177 cm³/mol. The Morgan fingerprint density at radius 1 is 0.474 bits per heavy atom. The second kappa shape index (κ2) is 26.4. The van der Waals surface area contributed by atoms with E-state index < -0.39 is 26.3 Å². The van der Waals surface area contributed by atoms with Crippen LogP contribution < -0.4 is 0 Å². The SMILES string of the molecule is CCCCC(CC)C[SiH](CC(CC)CCCC)O[P+](=O)O[SiH](CC(CC)CCCC)CC(CC)CCCC. The van der Waals surface area contributed by atoms with Crippen LogP contribution in [0.15, 0.2) is 0 Å². The smallest absolute Gasteiger partial charge is 0.180 e. The van der Waals surface area contributed by atoms with Gasteiger partial charge in [0, 0.05) is 4.57 Å². The van der Waals surface area contributed by atoms with Crippen molar-refractivity contribution in [3.05, 3.63) is 0 Å². The summed E-state index contributed by atoms with van der Waals surface area (Å²) in [5.74, 6) is 2.90. The molecule has 0 aliphatic carbocycles. The third-order valence-corrected chi connectivity index (χ3v) is 17.6. The molecule has 0 aliphatic heterocycles. The van der Waals surface area contributed by atoms with Crippen molar-refractivity contribution < 1.29 is 13.0 Å². The summed E-state index contributed by atoms with van der Waals surface area (Å²) >= 11 is 0. The van der Waals surface area contributed by atoms with E-state index in [0.29, 0.717) is 0 Å². The number of rotatable bonds is 28. The molecule has 0 heterocycles. The summed E-state index contributed by atoms with van der Waals surface area (Å²) in [6.07, 6.45) is 20.3. The second-order valence-corrected chi connectivity index (χ2v) is 18.8. The van der Waals surface area contributed by atoms with E-state index in [1.807, 2.05) is 0 Å². The Morgan fingerprint density at radius 2 is 0.711 bits per heavy atom. The van der Waals surface area contributed by atoms with Gasteiger partial charge in [0.05, 0.1) is 0 Å². The lowest BCUT2D eigenvalue weighted by Crippen LogP contribution is -2.26. The van der Waals surface area contributed by atoms with Crippen molar-refractivity contribution >= 4 is 26.3 Å². The van der Waals surface area contributed by atoms with Crippen LogP contribution in [0.1, 0.15) is 158 Å². The van der Waals surface area contributed by atoms with Crippen LogP contribution in [0, 0.1) is 23.7 Å². The van der Waals surface area contributed by atoms with Crippen LogP contribution in [-0.2, 0) is 13.0 Å². The molecule has 0 fully saturated rings. The Hall–Kier alpha value is 0.454. The van der Waals surface area contributed by atoms with Crippen molar-refractivity contribution in [2.75, 3.05) is 0 Å². The summed E-state index contributed by atoms with van der Waals surface area (Å²) in [4.78, 5) is 0. The van der Waals surface area contributed by atoms with Crippen molar-refractivity contribution in [1.29, 1.82) is 0 Å². The lowest BCUT2D eigenvalue weighted by molar-refractivity contribution is 0.383. The van der Waals surface area contributed by atoms with Crippen LogP contribution in [0.25, 0.3) is 0 Å². The number of hydrogen-bond donors (Lipinski definition) is 0. The highest BCUT2D eigenvalue weighted by Crippen LogP contribution is 2.37. The van der Waals surface area contributed by atoms with Crippen LogP contribution in [-0.4, -0.2) is 18.1 Å². The molecule has 0 aliphatic rings. The third kappa shape index (κ3) is 19.5. The fraction of sp³-hybridized carbons (Fsp3) is 1.00. The average molecular weight is 590 g/mol. The minimum atomic E-state index is -1.98. The first-order chi connectivity index (χ1) is 18.4. The van der Waals surface area contributed by atoms with Gasteiger partial charge in [-0.2, -0.15) is 8.43 Å². The molecule has 0 aromatic carbocycles. The largest absolute Gasteiger partial charge is 0.672 e. The molecule has 0 saturated carbocycles. The Balaban J connectivity index is 5.53. The van der Waals surface area contributed by atoms with Gasteiger partial charge in [0.25, 0.3) is 18.1 Å². The molecule has 6 heteroatoms. The lowest BCUT2D eigenvalue weighted by Gasteiger charge is -2.23. The van der Waals surface area contributed by atoms with Gasteiger partial charge in [0.15, 0.2) is 0 Å². The molecular formula is C32H70O3PSi2+. The molecule has 0 spiro atoms.